The Kier molecular flexibility index (Phi) is 4.49. The third kappa shape index (κ3) is 3.45. The third-order valence-corrected chi connectivity index (χ3v) is 6.11. The van der Waals surface area contributed by atoms with Crippen molar-refractivity contribution in [3.63, 3.8) is 0 Å². The number of benzene rings is 2. The van der Waals surface area contributed by atoms with Crippen LogP contribution in [0.25, 0.3) is 16.9 Å². The molecule has 1 fully saturated rings. The fraction of sp³-hybridized carbons (Fsp3) is 0.250. The maximum absolute atomic E-state index is 14.9. The Morgan fingerprint density at radius 2 is 2.15 bits per heavy atom. The number of anilines is 1. The molecule has 166 valence electrons. The Labute approximate surface area is 189 Å². The van der Waals surface area contributed by atoms with Gasteiger partial charge in [0.15, 0.2) is 5.75 Å². The van der Waals surface area contributed by atoms with E-state index in [1.165, 1.54) is 6.07 Å². The van der Waals surface area contributed by atoms with Crippen molar-refractivity contribution in [2.24, 2.45) is 0 Å². The number of nitrogens with one attached hydrogen (secondary N) is 1. The topological polar surface area (TPSA) is 86.9 Å². The van der Waals surface area contributed by atoms with Crippen molar-refractivity contribution in [2.45, 2.75) is 32.2 Å². The number of nitrogens with zero attached hydrogens (tertiary/aromatic N) is 5. The van der Waals surface area contributed by atoms with E-state index in [0.717, 1.165) is 41.0 Å². The molecule has 0 radical (unpaired) electrons. The third-order valence-electron chi connectivity index (χ3n) is 6.11. The predicted octanol–water partition coefficient (Wildman–Crippen LogP) is 4.10. The predicted molar refractivity (Wildman–Crippen MR) is 119 cm³/mol. The van der Waals surface area contributed by atoms with Crippen LogP contribution in [0, 0.1) is 12.7 Å². The summed E-state index contributed by atoms with van der Waals surface area (Å²) in [5, 5.41) is 10.9. The van der Waals surface area contributed by atoms with Crippen molar-refractivity contribution >= 4 is 11.6 Å². The first kappa shape index (κ1) is 19.7. The van der Waals surface area contributed by atoms with Gasteiger partial charge in [-0.25, -0.2) is 14.1 Å². The molecule has 0 bridgehead atoms. The zero-order valence-corrected chi connectivity index (χ0v) is 18.0. The molecule has 0 spiro atoms. The lowest BCUT2D eigenvalue weighted by Crippen LogP contribution is -2.16. The first-order valence-corrected chi connectivity index (χ1v) is 10.9. The summed E-state index contributed by atoms with van der Waals surface area (Å²) in [6.45, 7) is 2.74. The molecule has 0 unspecified atom stereocenters. The molecule has 6 rings (SSSR count). The van der Waals surface area contributed by atoms with Gasteiger partial charge in [0.2, 0.25) is 0 Å². The summed E-state index contributed by atoms with van der Waals surface area (Å²) in [6, 6.07) is 8.38. The van der Waals surface area contributed by atoms with Crippen LogP contribution in [0.15, 0.2) is 49.1 Å². The van der Waals surface area contributed by atoms with Crippen LogP contribution in [0.5, 0.6) is 5.75 Å². The van der Waals surface area contributed by atoms with Crippen LogP contribution < -0.4 is 10.1 Å². The highest BCUT2D eigenvalue weighted by Crippen LogP contribution is 2.40. The van der Waals surface area contributed by atoms with Gasteiger partial charge in [-0.2, -0.15) is 0 Å². The second-order valence-corrected chi connectivity index (χ2v) is 8.43. The fourth-order valence-corrected chi connectivity index (χ4v) is 4.22. The Bertz CT molecular complexity index is 1390. The lowest BCUT2D eigenvalue weighted by molar-refractivity contribution is 0.102. The highest BCUT2D eigenvalue weighted by molar-refractivity contribution is 6.06. The molecular formula is C24H21FN6O2. The number of carbonyl (C=O) groups is 1. The second-order valence-electron chi connectivity index (χ2n) is 8.43. The van der Waals surface area contributed by atoms with Gasteiger partial charge < -0.3 is 14.6 Å². The Morgan fingerprint density at radius 3 is 3.00 bits per heavy atom. The molecule has 0 saturated heterocycles. The molecule has 2 aliphatic rings. The SMILES string of the molecule is Cc1cc(F)c(C(=O)Nc2cccc3c2OCCn2nncc2-3)cc1-n1cnc(C2CC2)c1. The van der Waals surface area contributed by atoms with Crippen molar-refractivity contribution in [1.82, 2.24) is 24.5 Å². The van der Waals surface area contributed by atoms with Gasteiger partial charge in [-0.05, 0) is 49.6 Å². The van der Waals surface area contributed by atoms with Crippen LogP contribution in [0.3, 0.4) is 0 Å². The van der Waals surface area contributed by atoms with Crippen LogP contribution in [0.1, 0.15) is 40.4 Å². The van der Waals surface area contributed by atoms with Crippen molar-refractivity contribution in [1.29, 1.82) is 0 Å². The summed E-state index contributed by atoms with van der Waals surface area (Å²) in [7, 11) is 0. The van der Waals surface area contributed by atoms with Gasteiger partial charge in [0.25, 0.3) is 5.91 Å². The zero-order chi connectivity index (χ0) is 22.5. The van der Waals surface area contributed by atoms with E-state index in [-0.39, 0.29) is 5.56 Å². The number of amides is 1. The van der Waals surface area contributed by atoms with Gasteiger partial charge in [0, 0.05) is 17.7 Å². The number of aromatic nitrogens is 5. The minimum atomic E-state index is -0.582. The molecule has 4 aromatic rings. The molecule has 0 atom stereocenters. The number of fused-ring (bicyclic) bond motifs is 3. The van der Waals surface area contributed by atoms with Gasteiger partial charge in [0.1, 0.15) is 12.4 Å². The van der Waals surface area contributed by atoms with E-state index in [1.807, 2.05) is 29.8 Å². The zero-order valence-electron chi connectivity index (χ0n) is 18.0. The van der Waals surface area contributed by atoms with E-state index in [0.29, 0.717) is 30.5 Å². The lowest BCUT2D eigenvalue weighted by atomic mass is 10.1. The molecule has 33 heavy (non-hydrogen) atoms. The van der Waals surface area contributed by atoms with Crippen LogP contribution >= 0.6 is 0 Å². The fourth-order valence-electron chi connectivity index (χ4n) is 4.22. The summed E-state index contributed by atoms with van der Waals surface area (Å²) < 4.78 is 24.4. The normalized spacial score (nSPS) is 14.7. The Morgan fingerprint density at radius 1 is 1.27 bits per heavy atom. The van der Waals surface area contributed by atoms with E-state index in [4.69, 9.17) is 4.74 Å². The average molecular weight is 444 g/mol. The van der Waals surface area contributed by atoms with Gasteiger partial charge in [-0.1, -0.05) is 11.3 Å². The summed E-state index contributed by atoms with van der Waals surface area (Å²) in [5.41, 5.74) is 4.46. The van der Waals surface area contributed by atoms with E-state index < -0.39 is 11.7 Å². The number of halogens is 1. The standard InChI is InChI=1S/C24H21FN6O2/c1-14-9-18(25)17(10-21(14)30-12-20(26-13-30)15-5-6-15)24(32)28-19-4-2-3-16-22-11-27-29-31(22)7-8-33-23(16)19/h2-4,9-13,15H,5-8H2,1H3,(H,28,32). The van der Waals surface area contributed by atoms with Crippen molar-refractivity contribution < 1.29 is 13.9 Å². The number of hydrogen-bond donors (Lipinski definition) is 1. The van der Waals surface area contributed by atoms with Crippen molar-refractivity contribution in [3.05, 3.63) is 71.7 Å². The first-order chi connectivity index (χ1) is 16.1. The quantitative estimate of drug-likeness (QED) is 0.512. The lowest BCUT2D eigenvalue weighted by Gasteiger charge is -2.15. The summed E-state index contributed by atoms with van der Waals surface area (Å²) in [5.74, 6) is -0.108. The van der Waals surface area contributed by atoms with Gasteiger partial charge in [0.05, 0.1) is 47.4 Å². The minimum Gasteiger partial charge on any atom is -0.489 e. The summed E-state index contributed by atoms with van der Waals surface area (Å²) in [4.78, 5) is 17.6. The molecule has 1 amide bonds. The van der Waals surface area contributed by atoms with Crippen LogP contribution in [0.4, 0.5) is 10.1 Å². The largest absolute Gasteiger partial charge is 0.489 e. The number of imidazole rings is 1. The number of para-hydroxylation sites is 1. The molecule has 1 N–H and O–H groups in total. The molecule has 9 heteroatoms. The maximum atomic E-state index is 14.9. The molecule has 2 aromatic heterocycles. The summed E-state index contributed by atoms with van der Waals surface area (Å²) in [6.07, 6.45) is 7.63. The van der Waals surface area contributed by atoms with Crippen LogP contribution in [-0.4, -0.2) is 37.1 Å². The maximum Gasteiger partial charge on any atom is 0.258 e. The highest BCUT2D eigenvalue weighted by atomic mass is 19.1. The summed E-state index contributed by atoms with van der Waals surface area (Å²) >= 11 is 0. The minimum absolute atomic E-state index is 0.0461. The molecule has 8 nitrogen and oxygen atoms in total. The Balaban J connectivity index is 1.34. The average Bonchev–Trinajstić information content (AvgIpc) is 3.41. The van der Waals surface area contributed by atoms with Gasteiger partial charge in [-0.3, -0.25) is 4.79 Å². The first-order valence-electron chi connectivity index (χ1n) is 10.9. The van der Waals surface area contributed by atoms with Crippen LogP contribution in [-0.2, 0) is 6.54 Å². The number of rotatable bonds is 4. The molecule has 1 saturated carbocycles. The molecular weight excluding hydrogens is 423 g/mol. The van der Waals surface area contributed by atoms with Crippen molar-refractivity contribution in [2.75, 3.05) is 11.9 Å². The molecule has 3 heterocycles. The van der Waals surface area contributed by atoms with Gasteiger partial charge >= 0.3 is 0 Å². The monoisotopic (exact) mass is 444 g/mol. The smallest absolute Gasteiger partial charge is 0.258 e. The Hall–Kier alpha value is -4.01. The second kappa shape index (κ2) is 7.54. The van der Waals surface area contributed by atoms with Gasteiger partial charge in [-0.15, -0.1) is 5.10 Å². The molecule has 1 aliphatic heterocycles. The number of aryl methyl sites for hydroxylation is 1. The molecule has 2 aromatic carbocycles. The molecule has 1 aliphatic carbocycles. The van der Waals surface area contributed by atoms with Crippen molar-refractivity contribution in [3.8, 4) is 22.7 Å². The highest BCUT2D eigenvalue weighted by Gasteiger charge is 2.26. The number of hydrogen-bond acceptors (Lipinski definition) is 5. The van der Waals surface area contributed by atoms with E-state index in [9.17, 15) is 9.18 Å². The van der Waals surface area contributed by atoms with E-state index in [2.05, 4.69) is 20.6 Å². The number of ether oxygens (including phenoxy) is 1. The van der Waals surface area contributed by atoms with E-state index >= 15 is 0 Å². The van der Waals surface area contributed by atoms with Crippen LogP contribution in [0.2, 0.25) is 0 Å². The number of carbonyl (C=O) groups excluding carboxylic acids is 1. The van der Waals surface area contributed by atoms with E-state index in [1.54, 1.807) is 29.3 Å².